The van der Waals surface area contributed by atoms with Crippen molar-refractivity contribution < 1.29 is 14.4 Å². The minimum absolute atomic E-state index is 0.0945. The zero-order chi connectivity index (χ0) is 18.5. The Bertz CT molecular complexity index is 935. The number of hydrogen-bond donors (Lipinski definition) is 1. The molecule has 27 heavy (non-hydrogen) atoms. The van der Waals surface area contributed by atoms with Gasteiger partial charge in [-0.2, -0.15) is 0 Å². The van der Waals surface area contributed by atoms with Crippen LogP contribution >= 0.6 is 0 Å². The van der Waals surface area contributed by atoms with E-state index in [2.05, 4.69) is 17.5 Å². The summed E-state index contributed by atoms with van der Waals surface area (Å²) in [6, 6.07) is 15.8. The highest BCUT2D eigenvalue weighted by Gasteiger charge is 2.59. The molecule has 2 fully saturated rings. The minimum Gasteiger partial charge on any atom is -0.322 e. The molecule has 0 unspecified atom stereocenters. The van der Waals surface area contributed by atoms with Crippen molar-refractivity contribution in [1.29, 1.82) is 0 Å². The summed E-state index contributed by atoms with van der Waals surface area (Å²) in [5, 5.41) is 2.83. The number of amides is 3. The van der Waals surface area contributed by atoms with Crippen LogP contribution in [0.25, 0.3) is 0 Å². The van der Waals surface area contributed by atoms with E-state index in [4.69, 9.17) is 0 Å². The number of benzene rings is 2. The SMILES string of the molecule is O=C(Nc1ccc(N2C(=O)[C@@H]3[C@@H](C2=O)[C@H]2C=C[C@H]3C2)cc1)c1ccccc1. The monoisotopic (exact) mass is 358 g/mol. The largest absolute Gasteiger partial charge is 0.322 e. The molecule has 1 saturated carbocycles. The minimum atomic E-state index is -0.204. The molecule has 1 N–H and O–H groups in total. The smallest absolute Gasteiger partial charge is 0.255 e. The van der Waals surface area contributed by atoms with Gasteiger partial charge in [-0.25, -0.2) is 0 Å². The van der Waals surface area contributed by atoms with Gasteiger partial charge >= 0.3 is 0 Å². The van der Waals surface area contributed by atoms with Crippen LogP contribution in [0.3, 0.4) is 0 Å². The van der Waals surface area contributed by atoms with Crippen molar-refractivity contribution in [3.8, 4) is 0 Å². The highest BCUT2D eigenvalue weighted by molar-refractivity contribution is 6.22. The number of fused-ring (bicyclic) bond motifs is 5. The maximum atomic E-state index is 12.8. The molecule has 5 heteroatoms. The molecule has 0 aromatic heterocycles. The number of nitrogens with zero attached hydrogens (tertiary/aromatic N) is 1. The van der Waals surface area contributed by atoms with E-state index in [-0.39, 0.29) is 41.4 Å². The lowest BCUT2D eigenvalue weighted by Crippen LogP contribution is -2.32. The molecule has 0 spiro atoms. The maximum absolute atomic E-state index is 12.8. The Morgan fingerprint density at radius 3 is 2.04 bits per heavy atom. The van der Waals surface area contributed by atoms with Gasteiger partial charge in [-0.3, -0.25) is 19.3 Å². The average Bonchev–Trinajstić information content (AvgIpc) is 3.37. The van der Waals surface area contributed by atoms with Crippen molar-refractivity contribution in [3.63, 3.8) is 0 Å². The average molecular weight is 358 g/mol. The zero-order valence-electron chi connectivity index (χ0n) is 14.5. The molecule has 2 bridgehead atoms. The van der Waals surface area contributed by atoms with Crippen molar-refractivity contribution >= 4 is 29.1 Å². The Kier molecular flexibility index (Phi) is 3.50. The summed E-state index contributed by atoms with van der Waals surface area (Å²) >= 11 is 0. The summed E-state index contributed by atoms with van der Waals surface area (Å²) in [5.74, 6) is -0.397. The fraction of sp³-hybridized carbons (Fsp3) is 0.227. The molecule has 3 aliphatic rings. The van der Waals surface area contributed by atoms with Crippen molar-refractivity contribution in [3.05, 3.63) is 72.3 Å². The summed E-state index contributed by atoms with van der Waals surface area (Å²) in [5.41, 5.74) is 1.76. The molecular formula is C22H18N2O3. The summed E-state index contributed by atoms with van der Waals surface area (Å²) in [4.78, 5) is 39.2. The molecule has 1 heterocycles. The number of imide groups is 1. The molecule has 4 atom stereocenters. The predicted octanol–water partition coefficient (Wildman–Crippen LogP) is 3.25. The maximum Gasteiger partial charge on any atom is 0.255 e. The Morgan fingerprint density at radius 2 is 1.44 bits per heavy atom. The normalized spacial score (nSPS) is 27.9. The van der Waals surface area contributed by atoms with Crippen LogP contribution in [-0.4, -0.2) is 17.7 Å². The lowest BCUT2D eigenvalue weighted by atomic mass is 9.85. The Morgan fingerprint density at radius 1 is 0.852 bits per heavy atom. The molecule has 0 radical (unpaired) electrons. The second-order valence-corrected chi connectivity index (χ2v) is 7.38. The Hall–Kier alpha value is -3.21. The molecule has 2 aliphatic carbocycles. The molecule has 5 rings (SSSR count). The van der Waals surface area contributed by atoms with E-state index in [9.17, 15) is 14.4 Å². The number of nitrogens with one attached hydrogen (secondary N) is 1. The van der Waals surface area contributed by atoms with Crippen LogP contribution in [0.5, 0.6) is 0 Å². The lowest BCUT2D eigenvalue weighted by molar-refractivity contribution is -0.123. The predicted molar refractivity (Wildman–Crippen MR) is 101 cm³/mol. The van der Waals surface area contributed by atoms with Crippen LogP contribution in [-0.2, 0) is 9.59 Å². The molecule has 2 aromatic carbocycles. The first kappa shape index (κ1) is 16.0. The fourth-order valence-electron chi connectivity index (χ4n) is 4.64. The molecular weight excluding hydrogens is 340 g/mol. The first-order valence-electron chi connectivity index (χ1n) is 9.16. The van der Waals surface area contributed by atoms with Crippen molar-refractivity contribution in [2.24, 2.45) is 23.7 Å². The number of carbonyl (C=O) groups is 3. The van der Waals surface area contributed by atoms with Gasteiger partial charge in [0.1, 0.15) is 0 Å². The van der Waals surface area contributed by atoms with Gasteiger partial charge in [0.25, 0.3) is 5.91 Å². The third kappa shape index (κ3) is 2.42. The van der Waals surface area contributed by atoms with E-state index in [0.29, 0.717) is 16.9 Å². The van der Waals surface area contributed by atoms with Gasteiger partial charge in [0.15, 0.2) is 0 Å². The molecule has 5 nitrogen and oxygen atoms in total. The lowest BCUT2D eigenvalue weighted by Gasteiger charge is -2.17. The van der Waals surface area contributed by atoms with Gasteiger partial charge in [0.2, 0.25) is 11.8 Å². The van der Waals surface area contributed by atoms with E-state index >= 15 is 0 Å². The van der Waals surface area contributed by atoms with Crippen molar-refractivity contribution in [1.82, 2.24) is 0 Å². The summed E-state index contributed by atoms with van der Waals surface area (Å²) in [6.07, 6.45) is 5.09. The number of allylic oxidation sites excluding steroid dienone is 2. The highest BCUT2D eigenvalue weighted by atomic mass is 16.2. The first-order chi connectivity index (χ1) is 13.1. The number of carbonyl (C=O) groups excluding carboxylic acids is 3. The van der Waals surface area contributed by atoms with Gasteiger partial charge in [-0.15, -0.1) is 0 Å². The van der Waals surface area contributed by atoms with E-state index in [1.165, 1.54) is 4.90 Å². The van der Waals surface area contributed by atoms with Gasteiger partial charge in [0.05, 0.1) is 17.5 Å². The number of anilines is 2. The van der Waals surface area contributed by atoms with E-state index in [1.54, 1.807) is 36.4 Å². The number of hydrogen-bond acceptors (Lipinski definition) is 3. The molecule has 2 aromatic rings. The third-order valence-electron chi connectivity index (χ3n) is 5.89. The van der Waals surface area contributed by atoms with Crippen molar-refractivity contribution in [2.75, 3.05) is 10.2 Å². The Balaban J connectivity index is 1.35. The second kappa shape index (κ2) is 5.91. The van der Waals surface area contributed by atoms with E-state index in [1.807, 2.05) is 18.2 Å². The molecule has 1 saturated heterocycles. The highest BCUT2D eigenvalue weighted by Crippen LogP contribution is 2.53. The van der Waals surface area contributed by atoms with Gasteiger partial charge in [0, 0.05) is 11.3 Å². The molecule has 1 aliphatic heterocycles. The topological polar surface area (TPSA) is 66.5 Å². The molecule has 3 amide bonds. The van der Waals surface area contributed by atoms with Crippen LogP contribution in [0.1, 0.15) is 16.8 Å². The van der Waals surface area contributed by atoms with Crippen LogP contribution in [0, 0.1) is 23.7 Å². The van der Waals surface area contributed by atoms with E-state index < -0.39 is 0 Å². The standard InChI is InChI=1S/C22H18N2O3/c25-20(13-4-2-1-3-5-13)23-16-8-10-17(11-9-16)24-21(26)18-14-6-7-15(12-14)19(18)22(24)27/h1-11,14-15,18-19H,12H2,(H,23,25)/t14-,15-,18-,19-/m0/s1. The van der Waals surface area contributed by atoms with Crippen LogP contribution in [0.2, 0.25) is 0 Å². The Labute approximate surface area is 156 Å². The van der Waals surface area contributed by atoms with Crippen LogP contribution < -0.4 is 10.2 Å². The second-order valence-electron chi connectivity index (χ2n) is 7.38. The zero-order valence-corrected chi connectivity index (χ0v) is 14.5. The van der Waals surface area contributed by atoms with Gasteiger partial charge in [-0.1, -0.05) is 30.4 Å². The van der Waals surface area contributed by atoms with Crippen molar-refractivity contribution in [2.45, 2.75) is 6.42 Å². The van der Waals surface area contributed by atoms with E-state index in [0.717, 1.165) is 6.42 Å². The summed E-state index contributed by atoms with van der Waals surface area (Å²) in [7, 11) is 0. The summed E-state index contributed by atoms with van der Waals surface area (Å²) in [6.45, 7) is 0. The fourth-order valence-corrected chi connectivity index (χ4v) is 4.64. The third-order valence-corrected chi connectivity index (χ3v) is 5.89. The van der Waals surface area contributed by atoms with Gasteiger partial charge in [-0.05, 0) is 54.7 Å². The van der Waals surface area contributed by atoms with Gasteiger partial charge < -0.3 is 5.32 Å². The van der Waals surface area contributed by atoms with Crippen LogP contribution in [0.4, 0.5) is 11.4 Å². The summed E-state index contributed by atoms with van der Waals surface area (Å²) < 4.78 is 0. The quantitative estimate of drug-likeness (QED) is 0.677. The number of rotatable bonds is 3. The molecule has 134 valence electrons. The van der Waals surface area contributed by atoms with Crippen LogP contribution in [0.15, 0.2) is 66.7 Å². The first-order valence-corrected chi connectivity index (χ1v) is 9.16.